The van der Waals surface area contributed by atoms with Gasteiger partial charge in [0.25, 0.3) is 11.6 Å². The number of carbonyl (C=O) groups excluding carboxylic acids is 1. The van der Waals surface area contributed by atoms with Crippen LogP contribution in [0.4, 0.5) is 5.69 Å². The maximum absolute atomic E-state index is 12.4. The summed E-state index contributed by atoms with van der Waals surface area (Å²) in [6.45, 7) is 0.263. The molecule has 0 bridgehead atoms. The number of furan rings is 1. The lowest BCUT2D eigenvalue weighted by molar-refractivity contribution is -0.385. The number of amides is 1. The van der Waals surface area contributed by atoms with Gasteiger partial charge in [-0.05, 0) is 50.1 Å². The monoisotopic (exact) mass is 416 g/mol. The molecule has 21 heavy (non-hydrogen) atoms. The molecule has 6 nitrogen and oxygen atoms in total. The highest BCUT2D eigenvalue weighted by Crippen LogP contribution is 2.29. The minimum Gasteiger partial charge on any atom is -0.452 e. The fraction of sp³-hybridized carbons (Fsp3) is 0.154. The van der Waals surface area contributed by atoms with Gasteiger partial charge in [-0.2, -0.15) is 0 Å². The van der Waals surface area contributed by atoms with E-state index < -0.39 is 4.92 Å². The molecule has 0 unspecified atom stereocenters. The third-order valence-corrected chi connectivity index (χ3v) is 4.03. The summed E-state index contributed by atoms with van der Waals surface area (Å²) < 4.78 is 6.09. The number of benzene rings is 1. The van der Waals surface area contributed by atoms with Crippen LogP contribution in [0.5, 0.6) is 0 Å². The number of nitro benzene ring substituents is 1. The van der Waals surface area contributed by atoms with Gasteiger partial charge in [0.1, 0.15) is 10.2 Å². The fourth-order valence-electron chi connectivity index (χ4n) is 1.77. The molecule has 1 amide bonds. The van der Waals surface area contributed by atoms with Crippen LogP contribution in [-0.2, 0) is 6.54 Å². The topological polar surface area (TPSA) is 76.6 Å². The van der Waals surface area contributed by atoms with Crippen LogP contribution in [-0.4, -0.2) is 22.8 Å². The predicted molar refractivity (Wildman–Crippen MR) is 83.0 cm³/mol. The SMILES string of the molecule is CN(Cc1ccc(Br)o1)C(=O)c1cccc([N+](=O)[O-])c1Br. The van der Waals surface area contributed by atoms with Crippen LogP contribution in [0.25, 0.3) is 0 Å². The first-order valence-corrected chi connectivity index (χ1v) is 7.41. The number of halogens is 2. The molecule has 0 N–H and O–H groups in total. The first-order valence-electron chi connectivity index (χ1n) is 5.82. The van der Waals surface area contributed by atoms with Gasteiger partial charge in [-0.1, -0.05) is 6.07 Å². The normalized spacial score (nSPS) is 10.4. The van der Waals surface area contributed by atoms with E-state index in [-0.39, 0.29) is 28.2 Å². The van der Waals surface area contributed by atoms with Gasteiger partial charge in [-0.25, -0.2) is 0 Å². The van der Waals surface area contributed by atoms with Crippen LogP contribution < -0.4 is 0 Å². The highest BCUT2D eigenvalue weighted by atomic mass is 79.9. The van der Waals surface area contributed by atoms with Crippen molar-refractivity contribution in [3.8, 4) is 0 Å². The van der Waals surface area contributed by atoms with Gasteiger partial charge in [-0.15, -0.1) is 0 Å². The maximum atomic E-state index is 12.4. The Bertz CT molecular complexity index is 699. The Kier molecular flexibility index (Phi) is 4.79. The van der Waals surface area contributed by atoms with Crippen molar-refractivity contribution in [3.05, 3.63) is 60.9 Å². The number of nitro groups is 1. The van der Waals surface area contributed by atoms with E-state index in [0.29, 0.717) is 10.4 Å². The third-order valence-electron chi connectivity index (χ3n) is 2.77. The lowest BCUT2D eigenvalue weighted by Gasteiger charge is -2.16. The molecular formula is C13H10Br2N2O4. The number of rotatable bonds is 4. The summed E-state index contributed by atoms with van der Waals surface area (Å²) >= 11 is 6.31. The largest absolute Gasteiger partial charge is 0.452 e. The summed E-state index contributed by atoms with van der Waals surface area (Å²) in [6, 6.07) is 7.83. The van der Waals surface area contributed by atoms with E-state index in [1.807, 2.05) is 0 Å². The summed E-state index contributed by atoms with van der Waals surface area (Å²) in [4.78, 5) is 24.2. The van der Waals surface area contributed by atoms with Crippen LogP contribution in [0.1, 0.15) is 16.1 Å². The Balaban J connectivity index is 2.23. The number of hydrogen-bond acceptors (Lipinski definition) is 4. The molecule has 0 fully saturated rings. The maximum Gasteiger partial charge on any atom is 0.284 e. The average Bonchev–Trinajstić information content (AvgIpc) is 2.83. The van der Waals surface area contributed by atoms with Gasteiger partial charge < -0.3 is 9.32 Å². The summed E-state index contributed by atoms with van der Waals surface area (Å²) in [5.41, 5.74) is 0.0901. The van der Waals surface area contributed by atoms with Crippen LogP contribution in [0.3, 0.4) is 0 Å². The zero-order valence-electron chi connectivity index (χ0n) is 10.9. The standard InChI is InChI=1S/C13H10Br2N2O4/c1-16(7-8-5-6-11(14)21-8)13(18)9-3-2-4-10(12(9)15)17(19)20/h2-6H,7H2,1H3. The van der Waals surface area contributed by atoms with Crippen LogP contribution >= 0.6 is 31.9 Å². The lowest BCUT2D eigenvalue weighted by Crippen LogP contribution is -2.26. The fourth-order valence-corrected chi connectivity index (χ4v) is 2.69. The molecule has 0 atom stereocenters. The van der Waals surface area contributed by atoms with Crippen molar-refractivity contribution in [1.29, 1.82) is 0 Å². The average molecular weight is 418 g/mol. The number of hydrogen-bond donors (Lipinski definition) is 0. The Morgan fingerprint density at radius 3 is 2.62 bits per heavy atom. The van der Waals surface area contributed by atoms with Crippen molar-refractivity contribution in [2.24, 2.45) is 0 Å². The zero-order chi connectivity index (χ0) is 15.6. The van der Waals surface area contributed by atoms with Crippen molar-refractivity contribution in [2.45, 2.75) is 6.54 Å². The van der Waals surface area contributed by atoms with Crippen molar-refractivity contribution in [3.63, 3.8) is 0 Å². The second-order valence-corrected chi connectivity index (χ2v) is 5.84. The molecule has 0 aliphatic carbocycles. The van der Waals surface area contributed by atoms with Crippen molar-refractivity contribution in [1.82, 2.24) is 4.90 Å². The molecule has 2 aromatic rings. The van der Waals surface area contributed by atoms with E-state index in [1.165, 1.54) is 23.1 Å². The molecule has 110 valence electrons. The summed E-state index contributed by atoms with van der Waals surface area (Å²) in [6.07, 6.45) is 0. The number of nitrogens with zero attached hydrogens (tertiary/aromatic N) is 2. The van der Waals surface area contributed by atoms with E-state index in [1.54, 1.807) is 19.2 Å². The predicted octanol–water partition coefficient (Wildman–Crippen LogP) is 3.99. The van der Waals surface area contributed by atoms with E-state index in [2.05, 4.69) is 31.9 Å². The van der Waals surface area contributed by atoms with Crippen LogP contribution in [0.15, 0.2) is 43.9 Å². The Labute approximate surface area is 137 Å². The van der Waals surface area contributed by atoms with Crippen molar-refractivity contribution >= 4 is 43.5 Å². The zero-order valence-corrected chi connectivity index (χ0v) is 14.0. The molecule has 0 spiro atoms. The quantitative estimate of drug-likeness (QED) is 0.556. The lowest BCUT2D eigenvalue weighted by atomic mass is 10.2. The second-order valence-electron chi connectivity index (χ2n) is 4.26. The van der Waals surface area contributed by atoms with Crippen molar-refractivity contribution < 1.29 is 14.1 Å². The summed E-state index contributed by atoms with van der Waals surface area (Å²) in [5.74, 6) is 0.275. The van der Waals surface area contributed by atoms with E-state index in [4.69, 9.17) is 4.42 Å². The van der Waals surface area contributed by atoms with Gasteiger partial charge in [0.05, 0.1) is 17.0 Å². The van der Waals surface area contributed by atoms with Gasteiger partial charge in [0, 0.05) is 13.1 Å². The van der Waals surface area contributed by atoms with Crippen molar-refractivity contribution in [2.75, 3.05) is 7.05 Å². The van der Waals surface area contributed by atoms with Gasteiger partial charge in [0.15, 0.2) is 4.67 Å². The molecule has 0 aliphatic rings. The summed E-state index contributed by atoms with van der Waals surface area (Å²) in [5, 5.41) is 10.9. The molecule has 1 aromatic carbocycles. The van der Waals surface area contributed by atoms with Gasteiger partial charge in [0.2, 0.25) is 0 Å². The van der Waals surface area contributed by atoms with Gasteiger partial charge in [-0.3, -0.25) is 14.9 Å². The van der Waals surface area contributed by atoms with Crippen LogP contribution in [0.2, 0.25) is 0 Å². The first-order chi connectivity index (χ1) is 9.90. The van der Waals surface area contributed by atoms with E-state index in [0.717, 1.165) is 0 Å². The minimum atomic E-state index is -0.537. The molecule has 0 radical (unpaired) electrons. The smallest absolute Gasteiger partial charge is 0.284 e. The van der Waals surface area contributed by atoms with E-state index in [9.17, 15) is 14.9 Å². The Morgan fingerprint density at radius 1 is 1.33 bits per heavy atom. The second kappa shape index (κ2) is 6.40. The highest BCUT2D eigenvalue weighted by molar-refractivity contribution is 9.10. The molecule has 1 heterocycles. The molecule has 0 saturated heterocycles. The highest BCUT2D eigenvalue weighted by Gasteiger charge is 2.22. The molecule has 8 heteroatoms. The molecule has 0 aliphatic heterocycles. The minimum absolute atomic E-state index is 0.144. The molecule has 2 rings (SSSR count). The first kappa shape index (κ1) is 15.7. The van der Waals surface area contributed by atoms with Crippen LogP contribution in [0, 0.1) is 10.1 Å². The third kappa shape index (κ3) is 3.51. The van der Waals surface area contributed by atoms with E-state index >= 15 is 0 Å². The molecular weight excluding hydrogens is 408 g/mol. The Hall–Kier alpha value is -1.67. The summed E-state index contributed by atoms with van der Waals surface area (Å²) in [7, 11) is 1.60. The number of carbonyl (C=O) groups is 1. The molecule has 1 aromatic heterocycles. The Morgan fingerprint density at radius 2 is 2.05 bits per heavy atom. The molecule has 0 saturated carbocycles. The van der Waals surface area contributed by atoms with Gasteiger partial charge >= 0.3 is 0 Å².